The summed E-state index contributed by atoms with van der Waals surface area (Å²) in [6, 6.07) is 0. The molecule has 7 nitrogen and oxygen atoms in total. The normalized spacial score (nSPS) is 24.9. The Morgan fingerprint density at radius 2 is 2.39 bits per heavy atom. The molecule has 2 heterocycles. The van der Waals surface area contributed by atoms with Gasteiger partial charge in [0, 0.05) is 26.7 Å². The predicted molar refractivity (Wildman–Crippen MR) is 64.5 cm³/mol. The molecule has 0 bridgehead atoms. The summed E-state index contributed by atoms with van der Waals surface area (Å²) >= 11 is 0. The average molecular weight is 257 g/mol. The van der Waals surface area contributed by atoms with Crippen molar-refractivity contribution in [2.45, 2.75) is 12.6 Å². The van der Waals surface area contributed by atoms with Crippen molar-refractivity contribution in [3.8, 4) is 0 Å². The van der Waals surface area contributed by atoms with Gasteiger partial charge in [0.15, 0.2) is 0 Å². The molecular formula is C10H16FN5O2. The van der Waals surface area contributed by atoms with Crippen LogP contribution in [-0.4, -0.2) is 46.6 Å². The Kier molecular flexibility index (Phi) is 3.20. The summed E-state index contributed by atoms with van der Waals surface area (Å²) in [5.74, 6) is 0.354. The molecule has 1 fully saturated rings. The van der Waals surface area contributed by atoms with Gasteiger partial charge >= 0.3 is 5.69 Å². The van der Waals surface area contributed by atoms with E-state index in [1.54, 1.807) is 11.9 Å². The van der Waals surface area contributed by atoms with Crippen molar-refractivity contribution in [1.29, 1.82) is 0 Å². The van der Waals surface area contributed by atoms with E-state index in [0.717, 1.165) is 0 Å². The van der Waals surface area contributed by atoms with Gasteiger partial charge in [0.2, 0.25) is 5.82 Å². The SMILES string of the molecule is Cn1ncc([N+](=O)[O-])c1N1CCNCC(C)(F)C1. The van der Waals surface area contributed by atoms with Crippen molar-refractivity contribution < 1.29 is 9.31 Å². The number of alkyl halides is 1. The highest BCUT2D eigenvalue weighted by atomic mass is 19.1. The first-order chi connectivity index (χ1) is 8.41. The number of aromatic nitrogens is 2. The molecule has 100 valence electrons. The van der Waals surface area contributed by atoms with Gasteiger partial charge in [-0.15, -0.1) is 0 Å². The molecule has 0 aliphatic carbocycles. The van der Waals surface area contributed by atoms with E-state index in [2.05, 4.69) is 10.4 Å². The van der Waals surface area contributed by atoms with E-state index >= 15 is 0 Å². The molecule has 1 aliphatic heterocycles. The maximum Gasteiger partial charge on any atom is 0.331 e. The molecule has 0 amide bonds. The second kappa shape index (κ2) is 4.52. The van der Waals surface area contributed by atoms with Crippen molar-refractivity contribution in [2.24, 2.45) is 7.05 Å². The van der Waals surface area contributed by atoms with Crippen LogP contribution in [0.2, 0.25) is 0 Å². The molecule has 8 heteroatoms. The molecule has 18 heavy (non-hydrogen) atoms. The third kappa shape index (κ3) is 2.42. The highest BCUT2D eigenvalue weighted by Crippen LogP contribution is 2.29. The minimum atomic E-state index is -1.42. The lowest BCUT2D eigenvalue weighted by Crippen LogP contribution is -2.40. The molecule has 1 aromatic rings. The van der Waals surface area contributed by atoms with Gasteiger partial charge in [-0.05, 0) is 6.92 Å². The van der Waals surface area contributed by atoms with Crippen molar-refractivity contribution in [3.05, 3.63) is 16.3 Å². The highest BCUT2D eigenvalue weighted by molar-refractivity contribution is 5.57. The van der Waals surface area contributed by atoms with Gasteiger partial charge < -0.3 is 10.2 Å². The van der Waals surface area contributed by atoms with E-state index in [4.69, 9.17) is 0 Å². The predicted octanol–water partition coefficient (Wildman–Crippen LogP) is 0.466. The minimum Gasteiger partial charge on any atom is -0.347 e. The van der Waals surface area contributed by atoms with Gasteiger partial charge in [0.1, 0.15) is 11.9 Å². The Morgan fingerprint density at radius 3 is 3.06 bits per heavy atom. The van der Waals surface area contributed by atoms with Gasteiger partial charge in [-0.25, -0.2) is 9.07 Å². The van der Waals surface area contributed by atoms with Gasteiger partial charge in [0.05, 0.1) is 11.5 Å². The first-order valence-electron chi connectivity index (χ1n) is 5.72. The van der Waals surface area contributed by atoms with Crippen molar-refractivity contribution in [3.63, 3.8) is 0 Å². The monoisotopic (exact) mass is 257 g/mol. The largest absolute Gasteiger partial charge is 0.347 e. The van der Waals surface area contributed by atoms with Gasteiger partial charge in [0.25, 0.3) is 0 Å². The van der Waals surface area contributed by atoms with Crippen LogP contribution >= 0.6 is 0 Å². The van der Waals surface area contributed by atoms with E-state index in [1.807, 2.05) is 0 Å². The zero-order chi connectivity index (χ0) is 13.3. The number of anilines is 1. The van der Waals surface area contributed by atoms with Gasteiger partial charge in [-0.3, -0.25) is 10.1 Å². The molecule has 0 spiro atoms. The first-order valence-corrected chi connectivity index (χ1v) is 5.72. The number of nitrogens with zero attached hydrogens (tertiary/aromatic N) is 4. The van der Waals surface area contributed by atoms with E-state index in [0.29, 0.717) is 18.9 Å². The summed E-state index contributed by atoms with van der Waals surface area (Å²) in [6.07, 6.45) is 1.20. The lowest BCUT2D eigenvalue weighted by molar-refractivity contribution is -0.384. The fourth-order valence-electron chi connectivity index (χ4n) is 2.19. The lowest BCUT2D eigenvalue weighted by atomic mass is 10.1. The Balaban J connectivity index is 2.35. The third-order valence-corrected chi connectivity index (χ3v) is 2.96. The van der Waals surface area contributed by atoms with Crippen LogP contribution in [0.3, 0.4) is 0 Å². The fraction of sp³-hybridized carbons (Fsp3) is 0.700. The third-order valence-electron chi connectivity index (χ3n) is 2.96. The molecule has 1 saturated heterocycles. The average Bonchev–Trinajstić information content (AvgIpc) is 2.55. The van der Waals surface area contributed by atoms with E-state index < -0.39 is 10.6 Å². The van der Waals surface area contributed by atoms with Crippen LogP contribution in [0.5, 0.6) is 0 Å². The number of hydrogen-bond acceptors (Lipinski definition) is 5. The van der Waals surface area contributed by atoms with Crippen LogP contribution in [0.25, 0.3) is 0 Å². The highest BCUT2D eigenvalue weighted by Gasteiger charge is 2.33. The number of halogens is 1. The zero-order valence-electron chi connectivity index (χ0n) is 10.4. The molecule has 2 rings (SSSR count). The van der Waals surface area contributed by atoms with Crippen LogP contribution in [0, 0.1) is 10.1 Å². The molecule has 0 saturated carbocycles. The number of nitrogens with one attached hydrogen (secondary N) is 1. The minimum absolute atomic E-state index is 0.0878. The Hall–Kier alpha value is -1.70. The van der Waals surface area contributed by atoms with Crippen LogP contribution < -0.4 is 10.2 Å². The first kappa shape index (κ1) is 12.7. The summed E-state index contributed by atoms with van der Waals surface area (Å²) in [7, 11) is 1.62. The maximum absolute atomic E-state index is 14.1. The number of nitro groups is 1. The molecule has 1 aliphatic rings. The number of rotatable bonds is 2. The molecule has 1 aromatic heterocycles. The van der Waals surface area contributed by atoms with Crippen LogP contribution in [0.15, 0.2) is 6.20 Å². The molecule has 1 unspecified atom stereocenters. The maximum atomic E-state index is 14.1. The standard InChI is InChI=1S/C10H16FN5O2/c1-10(11)6-12-3-4-15(7-10)9-8(16(17)18)5-13-14(9)2/h5,12H,3-4,6-7H2,1-2H3. The zero-order valence-corrected chi connectivity index (χ0v) is 10.4. The van der Waals surface area contributed by atoms with Gasteiger partial charge in [-0.2, -0.15) is 5.10 Å². The Morgan fingerprint density at radius 1 is 1.67 bits per heavy atom. The second-order valence-electron chi connectivity index (χ2n) is 4.75. The van der Waals surface area contributed by atoms with Crippen molar-refractivity contribution in [2.75, 3.05) is 31.1 Å². The Bertz CT molecular complexity index is 459. The summed E-state index contributed by atoms with van der Waals surface area (Å²) in [4.78, 5) is 12.1. The molecule has 0 aromatic carbocycles. The van der Waals surface area contributed by atoms with Crippen LogP contribution in [0.1, 0.15) is 6.92 Å². The quantitative estimate of drug-likeness (QED) is 0.615. The van der Waals surface area contributed by atoms with Crippen LogP contribution in [0.4, 0.5) is 15.9 Å². The van der Waals surface area contributed by atoms with Gasteiger partial charge in [-0.1, -0.05) is 0 Å². The van der Waals surface area contributed by atoms with Crippen LogP contribution in [-0.2, 0) is 7.05 Å². The fourth-order valence-corrected chi connectivity index (χ4v) is 2.19. The van der Waals surface area contributed by atoms with Crippen molar-refractivity contribution >= 4 is 11.5 Å². The van der Waals surface area contributed by atoms with E-state index in [-0.39, 0.29) is 18.8 Å². The molecular weight excluding hydrogens is 241 g/mol. The summed E-state index contributed by atoms with van der Waals surface area (Å²) in [5, 5.41) is 17.8. The molecule has 0 radical (unpaired) electrons. The lowest BCUT2D eigenvalue weighted by Gasteiger charge is -2.26. The second-order valence-corrected chi connectivity index (χ2v) is 4.75. The summed E-state index contributed by atoms with van der Waals surface area (Å²) in [5.41, 5.74) is -1.51. The Labute approximate surface area is 104 Å². The number of aryl methyl sites for hydroxylation is 1. The smallest absolute Gasteiger partial charge is 0.331 e. The summed E-state index contributed by atoms with van der Waals surface area (Å²) in [6.45, 7) is 2.94. The summed E-state index contributed by atoms with van der Waals surface area (Å²) < 4.78 is 15.6. The van der Waals surface area contributed by atoms with E-state index in [9.17, 15) is 14.5 Å². The topological polar surface area (TPSA) is 76.2 Å². The number of hydrogen-bond donors (Lipinski definition) is 1. The van der Waals surface area contributed by atoms with E-state index in [1.165, 1.54) is 17.8 Å². The molecule has 1 N–H and O–H groups in total. The molecule has 1 atom stereocenters. The van der Waals surface area contributed by atoms with Crippen molar-refractivity contribution in [1.82, 2.24) is 15.1 Å².